The molecule has 0 unspecified atom stereocenters. The van der Waals surface area contributed by atoms with Crippen LogP contribution in [-0.2, 0) is 0 Å². The fourth-order valence-corrected chi connectivity index (χ4v) is 2.88. The summed E-state index contributed by atoms with van der Waals surface area (Å²) >= 11 is 0. The molecule has 2 aromatic rings. The molecule has 25 heavy (non-hydrogen) atoms. The highest BCUT2D eigenvalue weighted by Gasteiger charge is 2.25. The van der Waals surface area contributed by atoms with E-state index in [1.807, 2.05) is 43.3 Å². The number of carbonyl (C=O) groups excluding carboxylic acids is 2. The molecule has 0 saturated heterocycles. The Kier molecular flexibility index (Phi) is 4.80. The highest BCUT2D eigenvalue weighted by atomic mass is 16.2. The number of amides is 2. The predicted molar refractivity (Wildman–Crippen MR) is 97.9 cm³/mol. The Hall–Kier alpha value is -3.14. The van der Waals surface area contributed by atoms with E-state index in [0.717, 1.165) is 5.70 Å². The lowest BCUT2D eigenvalue weighted by Crippen LogP contribution is -2.37. The quantitative estimate of drug-likeness (QED) is 0.841. The van der Waals surface area contributed by atoms with E-state index in [2.05, 4.69) is 6.58 Å². The molecule has 0 bridgehead atoms. The molecular formula is C21H20N2O2. The smallest absolute Gasteiger partial charge is 0.258 e. The largest absolute Gasteiger partial charge is 0.311 e. The van der Waals surface area contributed by atoms with Gasteiger partial charge in [0.05, 0.1) is 0 Å². The monoisotopic (exact) mass is 332 g/mol. The fourth-order valence-electron chi connectivity index (χ4n) is 2.88. The van der Waals surface area contributed by atoms with Gasteiger partial charge in [-0.15, -0.1) is 0 Å². The molecule has 1 aliphatic rings. The standard InChI is InChI=1S/C21H20N2O2/c1-16-15-17(2)23(21(25)19-11-7-4-8-12-19)14-13-22(16)20(24)18-9-5-3-6-10-18/h3-12,15H,1,13-14H2,2H3. The lowest BCUT2D eigenvalue weighted by Gasteiger charge is -2.24. The maximum atomic E-state index is 12.8. The van der Waals surface area contributed by atoms with Gasteiger partial charge >= 0.3 is 0 Å². The van der Waals surface area contributed by atoms with Crippen LogP contribution in [0.4, 0.5) is 0 Å². The second kappa shape index (κ2) is 7.18. The van der Waals surface area contributed by atoms with Crippen molar-refractivity contribution in [2.75, 3.05) is 13.1 Å². The normalized spacial score (nSPS) is 14.8. The summed E-state index contributed by atoms with van der Waals surface area (Å²) in [5.74, 6) is -0.181. The topological polar surface area (TPSA) is 40.6 Å². The molecule has 2 aromatic carbocycles. The molecule has 0 spiro atoms. The summed E-state index contributed by atoms with van der Waals surface area (Å²) in [6, 6.07) is 18.3. The Bertz CT molecular complexity index is 825. The minimum absolute atomic E-state index is 0.0730. The van der Waals surface area contributed by atoms with Crippen LogP contribution >= 0.6 is 0 Å². The van der Waals surface area contributed by atoms with E-state index in [9.17, 15) is 9.59 Å². The SMILES string of the molecule is C=C1C=C(C)N(C(=O)c2ccccc2)CCN1C(=O)c1ccccc1. The molecule has 0 atom stereocenters. The molecule has 0 saturated carbocycles. The molecule has 0 aliphatic carbocycles. The van der Waals surface area contributed by atoms with Gasteiger partial charge in [0.2, 0.25) is 0 Å². The Balaban J connectivity index is 1.83. The van der Waals surface area contributed by atoms with Crippen molar-refractivity contribution in [1.29, 1.82) is 0 Å². The van der Waals surface area contributed by atoms with Crippen LogP contribution in [-0.4, -0.2) is 34.7 Å². The zero-order valence-electron chi connectivity index (χ0n) is 14.2. The molecule has 0 fully saturated rings. The highest BCUT2D eigenvalue weighted by Crippen LogP contribution is 2.20. The van der Waals surface area contributed by atoms with Gasteiger partial charge in [0.15, 0.2) is 0 Å². The second-order valence-electron chi connectivity index (χ2n) is 5.92. The summed E-state index contributed by atoms with van der Waals surface area (Å²) in [6.45, 7) is 6.70. The van der Waals surface area contributed by atoms with Crippen LogP contribution in [0.3, 0.4) is 0 Å². The Morgan fingerprint density at radius 2 is 1.24 bits per heavy atom. The van der Waals surface area contributed by atoms with Crippen molar-refractivity contribution in [2.24, 2.45) is 0 Å². The minimum atomic E-state index is -0.108. The van der Waals surface area contributed by atoms with E-state index >= 15 is 0 Å². The lowest BCUT2D eigenvalue weighted by atomic mass is 10.2. The number of carbonyl (C=O) groups is 2. The van der Waals surface area contributed by atoms with E-state index in [1.54, 1.807) is 40.1 Å². The summed E-state index contributed by atoms with van der Waals surface area (Å²) in [7, 11) is 0. The van der Waals surface area contributed by atoms with Gasteiger partial charge in [0, 0.05) is 35.6 Å². The molecule has 1 aliphatic heterocycles. The highest BCUT2D eigenvalue weighted by molar-refractivity contribution is 5.97. The van der Waals surface area contributed by atoms with Crippen LogP contribution in [0.1, 0.15) is 27.6 Å². The van der Waals surface area contributed by atoms with Crippen LogP contribution in [0.25, 0.3) is 0 Å². The molecule has 2 amide bonds. The van der Waals surface area contributed by atoms with Crippen molar-refractivity contribution >= 4 is 11.8 Å². The van der Waals surface area contributed by atoms with Gasteiger partial charge in [0.1, 0.15) is 0 Å². The first kappa shape index (κ1) is 16.7. The van der Waals surface area contributed by atoms with E-state index in [0.29, 0.717) is 29.9 Å². The molecule has 126 valence electrons. The van der Waals surface area contributed by atoms with Crippen molar-refractivity contribution in [3.63, 3.8) is 0 Å². The van der Waals surface area contributed by atoms with Crippen molar-refractivity contribution < 1.29 is 9.59 Å². The van der Waals surface area contributed by atoms with Gasteiger partial charge in [-0.25, -0.2) is 0 Å². The molecule has 1 heterocycles. The number of rotatable bonds is 2. The first-order chi connectivity index (χ1) is 12.1. The van der Waals surface area contributed by atoms with Crippen LogP contribution < -0.4 is 0 Å². The molecule has 4 nitrogen and oxygen atoms in total. The summed E-state index contributed by atoms with van der Waals surface area (Å²) < 4.78 is 0. The Morgan fingerprint density at radius 1 is 0.800 bits per heavy atom. The van der Waals surface area contributed by atoms with Gasteiger partial charge in [-0.1, -0.05) is 43.0 Å². The first-order valence-electron chi connectivity index (χ1n) is 8.19. The summed E-state index contributed by atoms with van der Waals surface area (Å²) in [6.07, 6.45) is 1.79. The average Bonchev–Trinajstić information content (AvgIpc) is 2.79. The number of nitrogens with zero attached hydrogens (tertiary/aromatic N) is 2. The van der Waals surface area contributed by atoms with E-state index in [1.165, 1.54) is 0 Å². The molecule has 4 heteroatoms. The minimum Gasteiger partial charge on any atom is -0.311 e. The molecule has 3 rings (SSSR count). The number of hydrogen-bond donors (Lipinski definition) is 0. The van der Waals surface area contributed by atoms with Gasteiger partial charge in [-0.2, -0.15) is 0 Å². The maximum absolute atomic E-state index is 12.8. The van der Waals surface area contributed by atoms with Gasteiger partial charge in [0.25, 0.3) is 11.8 Å². The van der Waals surface area contributed by atoms with Crippen molar-refractivity contribution in [2.45, 2.75) is 6.92 Å². The third kappa shape index (κ3) is 3.53. The fraction of sp³-hybridized carbons (Fsp3) is 0.143. The first-order valence-corrected chi connectivity index (χ1v) is 8.19. The third-order valence-corrected chi connectivity index (χ3v) is 4.23. The van der Waals surface area contributed by atoms with Gasteiger partial charge in [-0.05, 0) is 37.3 Å². The lowest BCUT2D eigenvalue weighted by molar-refractivity contribution is 0.0749. The zero-order chi connectivity index (χ0) is 17.8. The third-order valence-electron chi connectivity index (χ3n) is 4.23. The van der Waals surface area contributed by atoms with Crippen molar-refractivity contribution in [3.05, 3.63) is 95.8 Å². The van der Waals surface area contributed by atoms with Crippen molar-refractivity contribution in [3.8, 4) is 0 Å². The predicted octanol–water partition coefficient (Wildman–Crippen LogP) is 3.70. The second-order valence-corrected chi connectivity index (χ2v) is 5.92. The van der Waals surface area contributed by atoms with Gasteiger partial charge in [-0.3, -0.25) is 9.59 Å². The molecule has 0 aromatic heterocycles. The maximum Gasteiger partial charge on any atom is 0.258 e. The number of allylic oxidation sites excluding steroid dienone is 2. The molecule has 0 radical (unpaired) electrons. The van der Waals surface area contributed by atoms with Crippen LogP contribution in [0.5, 0.6) is 0 Å². The van der Waals surface area contributed by atoms with E-state index in [4.69, 9.17) is 0 Å². The van der Waals surface area contributed by atoms with Crippen LogP contribution in [0.15, 0.2) is 84.7 Å². The van der Waals surface area contributed by atoms with Crippen molar-refractivity contribution in [1.82, 2.24) is 9.80 Å². The summed E-state index contributed by atoms with van der Waals surface area (Å²) in [4.78, 5) is 28.8. The van der Waals surface area contributed by atoms with Gasteiger partial charge < -0.3 is 9.80 Å². The number of hydrogen-bond acceptors (Lipinski definition) is 2. The van der Waals surface area contributed by atoms with E-state index < -0.39 is 0 Å². The molecular weight excluding hydrogens is 312 g/mol. The molecule has 0 N–H and O–H groups in total. The van der Waals surface area contributed by atoms with Crippen LogP contribution in [0.2, 0.25) is 0 Å². The summed E-state index contributed by atoms with van der Waals surface area (Å²) in [5.41, 5.74) is 2.61. The average molecular weight is 332 g/mol. The van der Waals surface area contributed by atoms with Crippen LogP contribution in [0, 0.1) is 0 Å². The summed E-state index contributed by atoms with van der Waals surface area (Å²) in [5, 5.41) is 0. The Morgan fingerprint density at radius 3 is 1.76 bits per heavy atom. The number of benzene rings is 2. The Labute approximate surface area is 147 Å². The van der Waals surface area contributed by atoms with E-state index in [-0.39, 0.29) is 11.8 Å². The zero-order valence-corrected chi connectivity index (χ0v) is 14.2.